The summed E-state index contributed by atoms with van der Waals surface area (Å²) in [5, 5.41) is 5.18. The summed E-state index contributed by atoms with van der Waals surface area (Å²) in [5.41, 5.74) is 2.92. The summed E-state index contributed by atoms with van der Waals surface area (Å²) < 4.78 is 7.14. The summed E-state index contributed by atoms with van der Waals surface area (Å²) in [6.45, 7) is 3.80. The van der Waals surface area contributed by atoms with E-state index < -0.39 is 0 Å². The van der Waals surface area contributed by atoms with Crippen molar-refractivity contribution in [1.82, 2.24) is 19.6 Å². The van der Waals surface area contributed by atoms with Crippen LogP contribution in [0.4, 0.5) is 0 Å². The highest BCUT2D eigenvalue weighted by molar-refractivity contribution is 6.32. The zero-order valence-corrected chi connectivity index (χ0v) is 19.4. The van der Waals surface area contributed by atoms with E-state index in [4.69, 9.17) is 16.0 Å². The second kappa shape index (κ2) is 10.1. The lowest BCUT2D eigenvalue weighted by Crippen LogP contribution is -2.49. The number of carbonyl (C=O) groups excluding carboxylic acids is 1. The minimum Gasteiger partial charge on any atom is -0.463 e. The first kappa shape index (κ1) is 22.2. The number of para-hydroxylation sites is 1. The lowest BCUT2D eigenvalue weighted by Gasteiger charge is -2.34. The predicted molar refractivity (Wildman–Crippen MR) is 134 cm³/mol. The highest BCUT2D eigenvalue weighted by atomic mass is 35.5. The normalized spacial score (nSPS) is 14.7. The van der Waals surface area contributed by atoms with Crippen molar-refractivity contribution in [2.24, 2.45) is 0 Å². The maximum Gasteiger partial charge on any atom is 0.272 e. The molecular weight excluding hydrogens is 448 g/mol. The highest BCUT2D eigenvalue weighted by Gasteiger charge is 2.27. The van der Waals surface area contributed by atoms with Crippen LogP contribution in [-0.2, 0) is 0 Å². The molecule has 5 rings (SSSR count). The van der Waals surface area contributed by atoms with Gasteiger partial charge in [-0.1, -0.05) is 66.2 Å². The number of aromatic nitrogens is 2. The summed E-state index contributed by atoms with van der Waals surface area (Å²) in [6, 6.07) is 23.1. The fourth-order valence-corrected chi connectivity index (χ4v) is 4.30. The van der Waals surface area contributed by atoms with E-state index in [0.29, 0.717) is 40.9 Å². The van der Waals surface area contributed by atoms with Crippen LogP contribution in [0.15, 0.2) is 89.6 Å². The molecule has 1 aliphatic rings. The van der Waals surface area contributed by atoms with Gasteiger partial charge in [-0.15, -0.1) is 0 Å². The molecule has 1 aliphatic heterocycles. The Kier molecular flexibility index (Phi) is 6.60. The second-order valence-electron chi connectivity index (χ2n) is 8.16. The molecule has 0 N–H and O–H groups in total. The highest BCUT2D eigenvalue weighted by Crippen LogP contribution is 2.27. The molecule has 6 nitrogen and oxygen atoms in total. The molecule has 4 aromatic rings. The van der Waals surface area contributed by atoms with E-state index in [-0.39, 0.29) is 5.91 Å². The molecule has 1 amide bonds. The Labute approximate surface area is 203 Å². The molecule has 1 saturated heterocycles. The number of halogens is 1. The van der Waals surface area contributed by atoms with Gasteiger partial charge in [-0.2, -0.15) is 5.10 Å². The van der Waals surface area contributed by atoms with Gasteiger partial charge in [0.15, 0.2) is 5.76 Å². The molecule has 172 valence electrons. The lowest BCUT2D eigenvalue weighted by molar-refractivity contribution is 0.0641. The van der Waals surface area contributed by atoms with Crippen LogP contribution in [0.2, 0.25) is 5.02 Å². The minimum atomic E-state index is -0.0651. The Morgan fingerprint density at radius 2 is 1.74 bits per heavy atom. The Bertz CT molecular complexity index is 1270. The van der Waals surface area contributed by atoms with Gasteiger partial charge >= 0.3 is 0 Å². The van der Waals surface area contributed by atoms with Crippen LogP contribution >= 0.6 is 11.6 Å². The van der Waals surface area contributed by atoms with Crippen LogP contribution in [0.25, 0.3) is 23.2 Å². The fourth-order valence-electron chi connectivity index (χ4n) is 4.08. The number of hydrogen-bond acceptors (Lipinski definition) is 4. The van der Waals surface area contributed by atoms with Crippen molar-refractivity contribution < 1.29 is 9.21 Å². The Balaban J connectivity index is 1.31. The molecule has 7 heteroatoms. The SMILES string of the molecule is O=C(c1cc(-c2ccco2)nn1-c1ccccc1Cl)N1CCN(C/C=C/c2ccccc2)CC1. The average Bonchev–Trinajstić information content (AvgIpc) is 3.56. The largest absolute Gasteiger partial charge is 0.463 e. The van der Waals surface area contributed by atoms with Crippen LogP contribution < -0.4 is 0 Å². The van der Waals surface area contributed by atoms with Crippen LogP contribution in [0.1, 0.15) is 16.1 Å². The van der Waals surface area contributed by atoms with Crippen molar-refractivity contribution in [2.75, 3.05) is 32.7 Å². The van der Waals surface area contributed by atoms with Gasteiger partial charge in [-0.25, -0.2) is 4.68 Å². The van der Waals surface area contributed by atoms with E-state index in [2.05, 4.69) is 34.3 Å². The first-order valence-corrected chi connectivity index (χ1v) is 11.7. The van der Waals surface area contributed by atoms with Crippen molar-refractivity contribution in [3.63, 3.8) is 0 Å². The Morgan fingerprint density at radius 3 is 2.47 bits per heavy atom. The molecule has 0 unspecified atom stereocenters. The van der Waals surface area contributed by atoms with Gasteiger partial charge < -0.3 is 9.32 Å². The molecule has 0 spiro atoms. The van der Waals surface area contributed by atoms with Gasteiger partial charge in [0, 0.05) is 38.8 Å². The summed E-state index contributed by atoms with van der Waals surface area (Å²) in [7, 11) is 0. The topological polar surface area (TPSA) is 54.5 Å². The molecule has 0 atom stereocenters. The number of hydrogen-bond donors (Lipinski definition) is 0. The molecule has 34 heavy (non-hydrogen) atoms. The van der Waals surface area contributed by atoms with Crippen molar-refractivity contribution in [3.8, 4) is 17.1 Å². The number of carbonyl (C=O) groups is 1. The van der Waals surface area contributed by atoms with Crippen molar-refractivity contribution in [3.05, 3.63) is 101 Å². The molecule has 0 bridgehead atoms. The minimum absolute atomic E-state index is 0.0651. The molecule has 0 saturated carbocycles. The van der Waals surface area contributed by atoms with E-state index in [0.717, 1.165) is 19.6 Å². The third-order valence-corrected chi connectivity index (χ3v) is 6.24. The molecule has 1 fully saturated rings. The van der Waals surface area contributed by atoms with E-state index in [1.54, 1.807) is 29.1 Å². The first-order valence-electron chi connectivity index (χ1n) is 11.3. The Hall–Kier alpha value is -3.61. The zero-order chi connectivity index (χ0) is 23.3. The zero-order valence-electron chi connectivity index (χ0n) is 18.7. The van der Waals surface area contributed by atoms with E-state index in [9.17, 15) is 4.79 Å². The second-order valence-corrected chi connectivity index (χ2v) is 8.57. The molecule has 2 aromatic carbocycles. The van der Waals surface area contributed by atoms with Gasteiger partial charge in [0.05, 0.1) is 17.0 Å². The summed E-state index contributed by atoms with van der Waals surface area (Å²) in [6.07, 6.45) is 5.90. The fraction of sp³-hybridized carbons (Fsp3) is 0.185. The smallest absolute Gasteiger partial charge is 0.272 e. The van der Waals surface area contributed by atoms with E-state index in [1.807, 2.05) is 47.4 Å². The molecular formula is C27H25ClN4O2. The van der Waals surface area contributed by atoms with Crippen LogP contribution in [0.5, 0.6) is 0 Å². The molecule has 2 aromatic heterocycles. The third-order valence-electron chi connectivity index (χ3n) is 5.92. The molecule has 0 radical (unpaired) electrons. The van der Waals surface area contributed by atoms with Gasteiger partial charge in [-0.3, -0.25) is 9.69 Å². The van der Waals surface area contributed by atoms with E-state index in [1.165, 1.54) is 5.56 Å². The number of rotatable bonds is 6. The Morgan fingerprint density at radius 1 is 0.971 bits per heavy atom. The van der Waals surface area contributed by atoms with Gasteiger partial charge in [0.1, 0.15) is 11.4 Å². The van der Waals surface area contributed by atoms with Crippen molar-refractivity contribution >= 4 is 23.6 Å². The number of nitrogens with zero attached hydrogens (tertiary/aromatic N) is 4. The standard InChI is InChI=1S/C27H25ClN4O2/c28-22-11-4-5-12-24(22)32-25(20-23(29-32)26-13-7-19-34-26)27(33)31-17-15-30(16-18-31)14-6-10-21-8-2-1-3-9-21/h1-13,19-20H,14-18H2/b10-6+. The third kappa shape index (κ3) is 4.83. The van der Waals surface area contributed by atoms with Crippen LogP contribution in [-0.4, -0.2) is 58.2 Å². The monoisotopic (exact) mass is 472 g/mol. The van der Waals surface area contributed by atoms with Crippen LogP contribution in [0.3, 0.4) is 0 Å². The van der Waals surface area contributed by atoms with Crippen LogP contribution in [0, 0.1) is 0 Å². The van der Waals surface area contributed by atoms with E-state index >= 15 is 0 Å². The number of benzene rings is 2. The predicted octanol–water partition coefficient (Wildman–Crippen LogP) is 5.26. The van der Waals surface area contributed by atoms with Crippen molar-refractivity contribution in [2.45, 2.75) is 0 Å². The summed E-state index contributed by atoms with van der Waals surface area (Å²) >= 11 is 6.44. The number of piperazine rings is 1. The average molecular weight is 473 g/mol. The molecule has 3 heterocycles. The summed E-state index contributed by atoms with van der Waals surface area (Å²) in [5.74, 6) is 0.541. The van der Waals surface area contributed by atoms with Gasteiger partial charge in [0.25, 0.3) is 5.91 Å². The maximum atomic E-state index is 13.6. The van der Waals surface area contributed by atoms with Crippen molar-refractivity contribution in [1.29, 1.82) is 0 Å². The quantitative estimate of drug-likeness (QED) is 0.384. The lowest BCUT2D eigenvalue weighted by atomic mass is 10.2. The number of furan rings is 1. The number of amides is 1. The summed E-state index contributed by atoms with van der Waals surface area (Å²) in [4.78, 5) is 17.8. The maximum absolute atomic E-state index is 13.6. The first-order chi connectivity index (χ1) is 16.7. The van der Waals surface area contributed by atoms with Gasteiger partial charge in [0.2, 0.25) is 0 Å². The van der Waals surface area contributed by atoms with Gasteiger partial charge in [-0.05, 0) is 29.8 Å². The molecule has 0 aliphatic carbocycles.